The Hall–Kier alpha value is -2.39. The van der Waals surface area contributed by atoms with Gasteiger partial charge >= 0.3 is 5.97 Å². The van der Waals surface area contributed by atoms with E-state index >= 15 is 0 Å². The van der Waals surface area contributed by atoms with Crippen LogP contribution in [0.1, 0.15) is 69.9 Å². The van der Waals surface area contributed by atoms with Gasteiger partial charge in [-0.1, -0.05) is 58.0 Å². The molecule has 12 nitrogen and oxygen atoms in total. The van der Waals surface area contributed by atoms with Crippen LogP contribution in [0.2, 0.25) is 0 Å². The van der Waals surface area contributed by atoms with Crippen molar-refractivity contribution in [2.75, 3.05) is 0 Å². The Morgan fingerprint density at radius 1 is 1.09 bits per heavy atom. The van der Waals surface area contributed by atoms with Crippen LogP contribution in [0.3, 0.4) is 0 Å². The van der Waals surface area contributed by atoms with Crippen molar-refractivity contribution < 1.29 is 49.4 Å². The Balaban J connectivity index is 1.50. The highest BCUT2D eigenvalue weighted by molar-refractivity contribution is 5.87. The molecule has 1 spiro atoms. The Morgan fingerprint density at radius 3 is 2.43 bits per heavy atom. The van der Waals surface area contributed by atoms with Crippen molar-refractivity contribution in [2.45, 2.75) is 107 Å². The zero-order valence-electron chi connectivity index (χ0n) is 25.5. The lowest BCUT2D eigenvalue weighted by Gasteiger charge is -2.76. The molecule has 5 aliphatic rings. The minimum Gasteiger partial charge on any atom is -0.450 e. The number of hydroxylamine groups is 1. The Bertz CT molecular complexity index is 1470. The van der Waals surface area contributed by atoms with Crippen LogP contribution in [0.15, 0.2) is 48.7 Å². The minimum atomic E-state index is -2.72. The van der Waals surface area contributed by atoms with E-state index in [0.717, 1.165) is 5.56 Å². The molecule has 7 N–H and O–H groups in total. The average Bonchev–Trinajstić information content (AvgIpc) is 3.55. The molecular formula is C32H42N2O10. The second-order valence-electron chi connectivity index (χ2n) is 14.3. The van der Waals surface area contributed by atoms with Crippen LogP contribution < -0.4 is 5.48 Å². The topological polar surface area (TPSA) is 183 Å². The van der Waals surface area contributed by atoms with Gasteiger partial charge in [-0.3, -0.25) is 4.84 Å². The smallest absolute Gasteiger partial charge is 0.355 e. The molecule has 240 valence electrons. The summed E-state index contributed by atoms with van der Waals surface area (Å²) in [5.41, 5.74) is -8.88. The fourth-order valence-corrected chi connectivity index (χ4v) is 9.78. The van der Waals surface area contributed by atoms with Crippen LogP contribution in [-0.4, -0.2) is 82.8 Å². The van der Waals surface area contributed by atoms with E-state index in [1.165, 1.54) is 13.0 Å². The van der Waals surface area contributed by atoms with E-state index in [0.29, 0.717) is 6.42 Å². The molecule has 12 heteroatoms. The quantitative estimate of drug-likeness (QED) is 0.177. The number of hydrogen-bond acceptors (Lipinski definition) is 11. The number of carbonyl (C=O) groups is 1. The molecule has 1 aromatic carbocycles. The van der Waals surface area contributed by atoms with Crippen LogP contribution >= 0.6 is 0 Å². The maximum Gasteiger partial charge on any atom is 0.355 e. The number of ether oxygens (including phenoxy) is 3. The van der Waals surface area contributed by atoms with Crippen LogP contribution in [0.5, 0.6) is 0 Å². The number of aromatic nitrogens is 1. The lowest BCUT2D eigenvalue weighted by atomic mass is 9.42. The average molecular weight is 615 g/mol. The fraction of sp³-hybridized carbons (Fsp3) is 0.656. The molecule has 0 unspecified atom stereocenters. The molecule has 5 bridgehead atoms. The zero-order chi connectivity index (χ0) is 31.8. The standard InChI is InChI=1S/C32H42N2O10/c1-18(2)29(39)24(42-23(36)21-12-9-15-33-21)31(34-41-16-20-10-7-6-8-11-20)25(4)17-28(38)26(29,5)32(40,44-31)30(43-28)22(35)19(3)13-14-27(25,30)37/h6-12,15,18-19,22,24,33-35,37-40H,13-14,16-17H2,1-5H3/t19-,22+,24+,25-,26-,27-,28-,29+,30+,31-,32+/m0/s1. The minimum absolute atomic E-state index is 0.000866. The number of fused-ring (bicyclic) bond motifs is 4. The number of benzene rings is 1. The van der Waals surface area contributed by atoms with Gasteiger partial charge in [-0.15, -0.1) is 0 Å². The van der Waals surface area contributed by atoms with Crippen molar-refractivity contribution in [1.29, 1.82) is 0 Å². The lowest BCUT2D eigenvalue weighted by Crippen LogP contribution is -2.96. The van der Waals surface area contributed by atoms with E-state index in [4.69, 9.17) is 19.0 Å². The lowest BCUT2D eigenvalue weighted by molar-refractivity contribution is -0.535. The Morgan fingerprint density at radius 2 is 1.80 bits per heavy atom. The summed E-state index contributed by atoms with van der Waals surface area (Å²) in [5.74, 6) is -7.20. The first-order valence-electron chi connectivity index (χ1n) is 15.3. The van der Waals surface area contributed by atoms with Gasteiger partial charge < -0.3 is 44.7 Å². The molecule has 1 saturated carbocycles. The van der Waals surface area contributed by atoms with E-state index in [9.17, 15) is 30.3 Å². The highest BCUT2D eigenvalue weighted by Crippen LogP contribution is 2.84. The molecular weight excluding hydrogens is 572 g/mol. The molecule has 5 heterocycles. The number of nitrogens with one attached hydrogen (secondary N) is 2. The summed E-state index contributed by atoms with van der Waals surface area (Å²) in [6.07, 6.45) is -1.62. The van der Waals surface area contributed by atoms with Crippen LogP contribution in [-0.2, 0) is 25.7 Å². The number of H-pyrrole nitrogens is 1. The van der Waals surface area contributed by atoms with Crippen molar-refractivity contribution in [1.82, 2.24) is 10.5 Å². The first kappa shape index (κ1) is 30.3. The molecule has 4 aliphatic heterocycles. The summed E-state index contributed by atoms with van der Waals surface area (Å²) >= 11 is 0. The third-order valence-electron chi connectivity index (χ3n) is 12.3. The molecule has 44 heavy (non-hydrogen) atoms. The summed E-state index contributed by atoms with van der Waals surface area (Å²) in [5, 5.41) is 63.6. The van der Waals surface area contributed by atoms with Crippen molar-refractivity contribution in [3.05, 3.63) is 59.9 Å². The van der Waals surface area contributed by atoms with Gasteiger partial charge in [-0.05, 0) is 49.3 Å². The maximum absolute atomic E-state index is 13.7. The van der Waals surface area contributed by atoms with Gasteiger partial charge in [0.15, 0.2) is 23.2 Å². The monoisotopic (exact) mass is 614 g/mol. The molecule has 0 amide bonds. The first-order valence-corrected chi connectivity index (χ1v) is 15.3. The SMILES string of the molecule is CC(C)[C@@]1(O)[C@@H](OC(=O)c2ccc[nH]2)[C@]2(NOCc3ccccc3)O[C@@]3(O)[C@]45O[C@@](O)(C[C@@]2(C)[C@@]4(O)CC[C@H](C)[C@H]5O)[C@]31C. The summed E-state index contributed by atoms with van der Waals surface area (Å²) in [6, 6.07) is 12.3. The predicted molar refractivity (Wildman–Crippen MR) is 152 cm³/mol. The third-order valence-corrected chi connectivity index (χ3v) is 12.3. The van der Waals surface area contributed by atoms with Gasteiger partial charge in [0.25, 0.3) is 0 Å². The van der Waals surface area contributed by atoms with Crippen LogP contribution in [0.25, 0.3) is 0 Å². The van der Waals surface area contributed by atoms with Crippen molar-refractivity contribution in [3.63, 3.8) is 0 Å². The zero-order valence-corrected chi connectivity index (χ0v) is 25.5. The number of aliphatic hydroxyl groups is 5. The third kappa shape index (κ3) is 2.90. The fourth-order valence-electron chi connectivity index (χ4n) is 9.78. The van der Waals surface area contributed by atoms with Crippen LogP contribution in [0, 0.1) is 22.7 Å². The molecule has 1 aliphatic carbocycles. The number of aromatic amines is 1. The second kappa shape index (κ2) is 8.90. The van der Waals surface area contributed by atoms with E-state index in [1.54, 1.807) is 40.0 Å². The van der Waals surface area contributed by atoms with Gasteiger partial charge in [-0.2, -0.15) is 5.48 Å². The second-order valence-corrected chi connectivity index (χ2v) is 14.3. The van der Waals surface area contributed by atoms with Crippen molar-refractivity contribution >= 4 is 5.97 Å². The molecule has 4 saturated heterocycles. The maximum atomic E-state index is 13.7. The van der Waals surface area contributed by atoms with Gasteiger partial charge in [0.1, 0.15) is 22.3 Å². The molecule has 11 atom stereocenters. The summed E-state index contributed by atoms with van der Waals surface area (Å²) < 4.78 is 19.3. The Kier molecular flexibility index (Phi) is 6.12. The van der Waals surface area contributed by atoms with Crippen molar-refractivity contribution in [2.24, 2.45) is 22.7 Å². The summed E-state index contributed by atoms with van der Waals surface area (Å²) in [7, 11) is 0. The van der Waals surface area contributed by atoms with Gasteiger partial charge in [-0.25, -0.2) is 4.79 Å². The summed E-state index contributed by atoms with van der Waals surface area (Å²) in [4.78, 5) is 22.6. The van der Waals surface area contributed by atoms with E-state index in [2.05, 4.69) is 10.5 Å². The predicted octanol–water partition coefficient (Wildman–Crippen LogP) is 1.47. The van der Waals surface area contributed by atoms with E-state index < -0.39 is 74.9 Å². The van der Waals surface area contributed by atoms with E-state index in [1.807, 2.05) is 30.3 Å². The largest absolute Gasteiger partial charge is 0.450 e. The highest BCUT2D eigenvalue weighted by atomic mass is 16.8. The summed E-state index contributed by atoms with van der Waals surface area (Å²) in [6.45, 7) is 8.15. The normalized spacial score (nSPS) is 50.2. The number of carbonyl (C=O) groups excluding carboxylic acids is 1. The number of hydrogen-bond donors (Lipinski definition) is 7. The highest BCUT2D eigenvalue weighted by Gasteiger charge is 3.04. The molecule has 1 aromatic heterocycles. The molecule has 2 aromatic rings. The molecule has 0 radical (unpaired) electrons. The number of aliphatic hydroxyl groups excluding tert-OH is 1. The van der Waals surface area contributed by atoms with Gasteiger partial charge in [0.05, 0.1) is 18.1 Å². The van der Waals surface area contributed by atoms with Gasteiger partial charge in [0.2, 0.25) is 5.79 Å². The molecule has 5 fully saturated rings. The van der Waals surface area contributed by atoms with E-state index in [-0.39, 0.29) is 25.1 Å². The van der Waals surface area contributed by atoms with Crippen molar-refractivity contribution in [3.8, 4) is 0 Å². The van der Waals surface area contributed by atoms with Gasteiger partial charge in [0, 0.05) is 12.6 Å². The number of rotatable bonds is 7. The number of esters is 1. The van der Waals surface area contributed by atoms with Crippen LogP contribution in [0.4, 0.5) is 0 Å². The Labute approximate surface area is 255 Å². The molecule has 7 rings (SSSR count). The first-order chi connectivity index (χ1) is 20.6.